The van der Waals surface area contributed by atoms with Crippen LogP contribution in [0.1, 0.15) is 38.1 Å². The molecule has 0 radical (unpaired) electrons. The van der Waals surface area contributed by atoms with Crippen LogP contribution in [0.25, 0.3) is 0 Å². The molecule has 0 aliphatic heterocycles. The first-order valence-electron chi connectivity index (χ1n) is 8.45. The van der Waals surface area contributed by atoms with Gasteiger partial charge in [0.15, 0.2) is 0 Å². The molecule has 2 rings (SSSR count). The number of carbonyl (C=O) groups is 2. The third-order valence-electron chi connectivity index (χ3n) is 4.00. The van der Waals surface area contributed by atoms with Gasteiger partial charge in [0.25, 0.3) is 0 Å². The van der Waals surface area contributed by atoms with Crippen molar-refractivity contribution in [2.45, 2.75) is 39.5 Å². The zero-order valence-electron chi connectivity index (χ0n) is 15.3. The Bertz CT molecular complexity index is 700. The number of amides is 2. The van der Waals surface area contributed by atoms with E-state index in [1.807, 2.05) is 29.6 Å². The Morgan fingerprint density at radius 3 is 2.32 bits per heavy atom. The third-order valence-corrected chi connectivity index (χ3v) is 4.87. The van der Waals surface area contributed by atoms with Crippen LogP contribution in [-0.4, -0.2) is 24.9 Å². The van der Waals surface area contributed by atoms with Crippen molar-refractivity contribution >= 4 is 28.8 Å². The first-order chi connectivity index (χ1) is 11.8. The van der Waals surface area contributed by atoms with E-state index < -0.39 is 0 Å². The molecule has 1 N–H and O–H groups in total. The normalized spacial score (nSPS) is 11.2. The molecule has 1 heterocycles. The van der Waals surface area contributed by atoms with Gasteiger partial charge in [0.2, 0.25) is 11.8 Å². The highest BCUT2D eigenvalue weighted by Gasteiger charge is 2.16. The zero-order chi connectivity index (χ0) is 18.4. The van der Waals surface area contributed by atoms with Gasteiger partial charge in [0, 0.05) is 30.6 Å². The molecule has 5 heteroatoms. The lowest BCUT2D eigenvalue weighted by atomic mass is 9.87. The number of nitrogens with one attached hydrogen (secondary N) is 1. The molecule has 134 valence electrons. The monoisotopic (exact) mass is 358 g/mol. The summed E-state index contributed by atoms with van der Waals surface area (Å²) in [5, 5.41) is 4.85. The number of benzene rings is 1. The average molecular weight is 359 g/mol. The van der Waals surface area contributed by atoms with Gasteiger partial charge in [-0.3, -0.25) is 9.59 Å². The van der Waals surface area contributed by atoms with E-state index in [1.54, 1.807) is 23.2 Å². The van der Waals surface area contributed by atoms with E-state index >= 15 is 0 Å². The molecule has 0 aliphatic carbocycles. The second-order valence-electron chi connectivity index (χ2n) is 7.07. The van der Waals surface area contributed by atoms with Crippen LogP contribution in [0.2, 0.25) is 0 Å². The Hall–Kier alpha value is -2.14. The van der Waals surface area contributed by atoms with E-state index in [4.69, 9.17) is 0 Å². The van der Waals surface area contributed by atoms with Gasteiger partial charge in [-0.25, -0.2) is 0 Å². The summed E-state index contributed by atoms with van der Waals surface area (Å²) in [7, 11) is 0. The second kappa shape index (κ2) is 8.30. The molecular formula is C20H26N2O2S. The first kappa shape index (κ1) is 19.2. The maximum atomic E-state index is 12.0. The Balaban J connectivity index is 1.92. The van der Waals surface area contributed by atoms with Gasteiger partial charge in [-0.15, -0.1) is 11.3 Å². The summed E-state index contributed by atoms with van der Waals surface area (Å²) in [4.78, 5) is 26.7. The molecule has 25 heavy (non-hydrogen) atoms. The summed E-state index contributed by atoms with van der Waals surface area (Å²) >= 11 is 1.57. The molecular weight excluding hydrogens is 332 g/mol. The minimum atomic E-state index is -0.0315. The number of thiophene rings is 1. The predicted octanol–water partition coefficient (Wildman–Crippen LogP) is 3.76. The number of carbonyl (C=O) groups excluding carboxylic acids is 2. The number of anilines is 1. The highest BCUT2D eigenvalue weighted by Crippen LogP contribution is 2.25. The van der Waals surface area contributed by atoms with Gasteiger partial charge in [0.05, 0.1) is 6.42 Å². The lowest BCUT2D eigenvalue weighted by Gasteiger charge is -2.24. The van der Waals surface area contributed by atoms with Crippen molar-refractivity contribution in [1.82, 2.24) is 5.32 Å². The van der Waals surface area contributed by atoms with E-state index in [9.17, 15) is 9.59 Å². The Morgan fingerprint density at radius 1 is 1.12 bits per heavy atom. The molecule has 0 spiro atoms. The van der Waals surface area contributed by atoms with Crippen LogP contribution in [-0.2, 0) is 21.4 Å². The molecule has 0 saturated heterocycles. The summed E-state index contributed by atoms with van der Waals surface area (Å²) < 4.78 is 0. The highest BCUT2D eigenvalue weighted by atomic mass is 32.1. The van der Waals surface area contributed by atoms with Crippen molar-refractivity contribution in [2.75, 3.05) is 18.0 Å². The lowest BCUT2D eigenvalue weighted by molar-refractivity contribution is -0.120. The predicted molar refractivity (Wildman–Crippen MR) is 104 cm³/mol. The molecule has 1 aromatic carbocycles. The number of rotatable bonds is 6. The topological polar surface area (TPSA) is 49.4 Å². The van der Waals surface area contributed by atoms with Crippen molar-refractivity contribution in [3.8, 4) is 0 Å². The van der Waals surface area contributed by atoms with Gasteiger partial charge < -0.3 is 10.2 Å². The third kappa shape index (κ3) is 5.71. The summed E-state index contributed by atoms with van der Waals surface area (Å²) in [6, 6.07) is 11.9. The number of nitrogens with zero attached hydrogens (tertiary/aromatic N) is 1. The van der Waals surface area contributed by atoms with Crippen LogP contribution in [0.15, 0.2) is 41.8 Å². The molecule has 2 amide bonds. The Labute approximate surface area is 153 Å². The van der Waals surface area contributed by atoms with Crippen LogP contribution >= 0.6 is 11.3 Å². The largest absolute Gasteiger partial charge is 0.354 e. The van der Waals surface area contributed by atoms with Crippen LogP contribution in [0.5, 0.6) is 0 Å². The minimum Gasteiger partial charge on any atom is -0.354 e. The SMILES string of the molecule is CC(=O)N(CCNC(=O)Cc1cccs1)c1ccc(C(C)(C)C)cc1. The summed E-state index contributed by atoms with van der Waals surface area (Å²) in [6.07, 6.45) is 0.387. The molecule has 0 saturated carbocycles. The average Bonchev–Trinajstić information content (AvgIpc) is 3.03. The summed E-state index contributed by atoms with van der Waals surface area (Å²) in [5.41, 5.74) is 2.16. The fourth-order valence-electron chi connectivity index (χ4n) is 2.55. The first-order valence-corrected chi connectivity index (χ1v) is 9.33. The number of hydrogen-bond donors (Lipinski definition) is 1. The Kier molecular flexibility index (Phi) is 6.37. The molecule has 0 bridgehead atoms. The Morgan fingerprint density at radius 2 is 1.80 bits per heavy atom. The quantitative estimate of drug-likeness (QED) is 0.855. The molecule has 0 atom stereocenters. The van der Waals surface area contributed by atoms with Crippen molar-refractivity contribution in [2.24, 2.45) is 0 Å². The molecule has 2 aromatic rings. The second-order valence-corrected chi connectivity index (χ2v) is 8.11. The van der Waals surface area contributed by atoms with E-state index in [0.717, 1.165) is 10.6 Å². The molecule has 0 aliphatic rings. The zero-order valence-corrected chi connectivity index (χ0v) is 16.2. The van der Waals surface area contributed by atoms with Crippen molar-refractivity contribution in [3.63, 3.8) is 0 Å². The lowest BCUT2D eigenvalue weighted by Crippen LogP contribution is -2.38. The smallest absolute Gasteiger partial charge is 0.225 e. The van der Waals surface area contributed by atoms with E-state index in [-0.39, 0.29) is 17.2 Å². The molecule has 0 unspecified atom stereocenters. The van der Waals surface area contributed by atoms with Gasteiger partial charge in [0.1, 0.15) is 0 Å². The van der Waals surface area contributed by atoms with Crippen molar-refractivity contribution < 1.29 is 9.59 Å². The molecule has 0 fully saturated rings. The van der Waals surface area contributed by atoms with Crippen LogP contribution < -0.4 is 10.2 Å². The number of hydrogen-bond acceptors (Lipinski definition) is 3. The molecule has 4 nitrogen and oxygen atoms in total. The fourth-order valence-corrected chi connectivity index (χ4v) is 3.25. The minimum absolute atomic E-state index is 0.0194. The maximum Gasteiger partial charge on any atom is 0.225 e. The van der Waals surface area contributed by atoms with Crippen LogP contribution in [0.4, 0.5) is 5.69 Å². The van der Waals surface area contributed by atoms with Gasteiger partial charge in [-0.1, -0.05) is 39.0 Å². The van der Waals surface area contributed by atoms with E-state index in [0.29, 0.717) is 19.5 Å². The fraction of sp³-hybridized carbons (Fsp3) is 0.400. The molecule has 1 aromatic heterocycles. The highest BCUT2D eigenvalue weighted by molar-refractivity contribution is 7.10. The van der Waals surface area contributed by atoms with Gasteiger partial charge >= 0.3 is 0 Å². The van der Waals surface area contributed by atoms with Crippen LogP contribution in [0.3, 0.4) is 0 Å². The summed E-state index contributed by atoms with van der Waals surface area (Å²) in [6.45, 7) is 8.92. The van der Waals surface area contributed by atoms with E-state index in [2.05, 4.69) is 38.2 Å². The van der Waals surface area contributed by atoms with Gasteiger partial charge in [-0.2, -0.15) is 0 Å². The maximum absolute atomic E-state index is 12.0. The van der Waals surface area contributed by atoms with Crippen LogP contribution in [0, 0.1) is 0 Å². The standard InChI is InChI=1S/C20H26N2O2S/c1-15(23)22(17-9-7-16(8-10-17)20(2,3)4)12-11-21-19(24)14-18-6-5-13-25-18/h5-10,13H,11-12,14H2,1-4H3,(H,21,24). The van der Waals surface area contributed by atoms with Crippen molar-refractivity contribution in [1.29, 1.82) is 0 Å². The summed E-state index contributed by atoms with van der Waals surface area (Å²) in [5.74, 6) is -0.0509. The van der Waals surface area contributed by atoms with E-state index in [1.165, 1.54) is 5.56 Å². The van der Waals surface area contributed by atoms with Gasteiger partial charge in [-0.05, 0) is 34.6 Å². The van der Waals surface area contributed by atoms with Crippen molar-refractivity contribution in [3.05, 3.63) is 52.2 Å².